The van der Waals surface area contributed by atoms with E-state index in [2.05, 4.69) is 20.8 Å². The van der Waals surface area contributed by atoms with Gasteiger partial charge in [0.05, 0.1) is 5.52 Å². The second kappa shape index (κ2) is 5.62. The molecule has 24 heavy (non-hydrogen) atoms. The smallest absolute Gasteiger partial charge is 0.349 e. The average molecular weight is 319 g/mol. The van der Waals surface area contributed by atoms with Crippen molar-refractivity contribution in [2.45, 2.75) is 6.92 Å². The predicted molar refractivity (Wildman–Crippen MR) is 88.6 cm³/mol. The SMILES string of the molecule is Cc1ccc(-c2cc(NC(=O)n3nnc4ccccc43)no2)cc1. The maximum Gasteiger partial charge on any atom is 0.349 e. The van der Waals surface area contributed by atoms with Gasteiger partial charge in [0, 0.05) is 11.6 Å². The number of anilines is 1. The first kappa shape index (κ1) is 14.1. The molecule has 2 aromatic heterocycles. The van der Waals surface area contributed by atoms with Gasteiger partial charge in [0.1, 0.15) is 5.52 Å². The minimum absolute atomic E-state index is 0.315. The number of amides is 1. The lowest BCUT2D eigenvalue weighted by molar-refractivity contribution is 0.251. The van der Waals surface area contributed by atoms with Crippen LogP contribution in [0, 0.1) is 6.92 Å². The zero-order chi connectivity index (χ0) is 16.5. The standard InChI is InChI=1S/C17H13N5O2/c1-11-6-8-12(9-7-11)15-10-16(20-24-15)18-17(23)22-14-5-3-2-4-13(14)19-21-22/h2-10H,1H3,(H,18,20,23). The Kier molecular flexibility index (Phi) is 3.31. The summed E-state index contributed by atoms with van der Waals surface area (Å²) < 4.78 is 6.48. The summed E-state index contributed by atoms with van der Waals surface area (Å²) in [7, 11) is 0. The molecule has 0 spiro atoms. The molecular formula is C17H13N5O2. The summed E-state index contributed by atoms with van der Waals surface area (Å²) in [6.45, 7) is 2.01. The normalized spacial score (nSPS) is 10.9. The third kappa shape index (κ3) is 2.52. The number of carbonyl (C=O) groups excluding carboxylic acids is 1. The number of nitrogens with one attached hydrogen (secondary N) is 1. The number of carbonyl (C=O) groups is 1. The first-order valence-electron chi connectivity index (χ1n) is 7.36. The summed E-state index contributed by atoms with van der Waals surface area (Å²) in [4.78, 5) is 12.3. The van der Waals surface area contributed by atoms with Crippen molar-refractivity contribution in [2.24, 2.45) is 0 Å². The molecule has 2 heterocycles. The summed E-state index contributed by atoms with van der Waals surface area (Å²) >= 11 is 0. The number of aryl methyl sites for hydroxylation is 1. The molecule has 0 saturated heterocycles. The van der Waals surface area contributed by atoms with E-state index in [1.807, 2.05) is 43.3 Å². The van der Waals surface area contributed by atoms with Crippen LogP contribution >= 0.6 is 0 Å². The van der Waals surface area contributed by atoms with Crippen LogP contribution in [0.25, 0.3) is 22.4 Å². The van der Waals surface area contributed by atoms with Crippen molar-refractivity contribution < 1.29 is 9.32 Å². The third-order valence-corrected chi connectivity index (χ3v) is 3.63. The second-order valence-electron chi connectivity index (χ2n) is 5.36. The van der Waals surface area contributed by atoms with Crippen molar-refractivity contribution in [1.29, 1.82) is 0 Å². The minimum Gasteiger partial charge on any atom is -0.354 e. The summed E-state index contributed by atoms with van der Waals surface area (Å²) in [6, 6.07) is 16.3. The highest BCUT2D eigenvalue weighted by atomic mass is 16.5. The van der Waals surface area contributed by atoms with Crippen LogP contribution in [0.5, 0.6) is 0 Å². The largest absolute Gasteiger partial charge is 0.354 e. The maximum absolute atomic E-state index is 12.3. The number of hydrogen-bond donors (Lipinski definition) is 1. The molecule has 7 nitrogen and oxygen atoms in total. The van der Waals surface area contributed by atoms with E-state index in [9.17, 15) is 4.79 Å². The summed E-state index contributed by atoms with van der Waals surface area (Å²) in [6.07, 6.45) is 0. The maximum atomic E-state index is 12.3. The fourth-order valence-corrected chi connectivity index (χ4v) is 2.37. The highest BCUT2D eigenvalue weighted by molar-refractivity contribution is 5.95. The van der Waals surface area contributed by atoms with Gasteiger partial charge in [-0.15, -0.1) is 5.10 Å². The van der Waals surface area contributed by atoms with Crippen LogP contribution in [0.3, 0.4) is 0 Å². The predicted octanol–water partition coefficient (Wildman–Crippen LogP) is 3.47. The van der Waals surface area contributed by atoms with Crippen LogP contribution in [-0.4, -0.2) is 26.2 Å². The molecule has 0 saturated carbocycles. The third-order valence-electron chi connectivity index (χ3n) is 3.63. The van der Waals surface area contributed by atoms with Gasteiger partial charge >= 0.3 is 6.03 Å². The van der Waals surface area contributed by atoms with E-state index < -0.39 is 6.03 Å². The van der Waals surface area contributed by atoms with Gasteiger partial charge in [-0.1, -0.05) is 52.3 Å². The molecule has 1 N–H and O–H groups in total. The van der Waals surface area contributed by atoms with E-state index in [4.69, 9.17) is 4.52 Å². The molecule has 1 amide bonds. The monoisotopic (exact) mass is 319 g/mol. The Hall–Kier alpha value is -3.48. The molecule has 4 rings (SSSR count). The molecule has 0 radical (unpaired) electrons. The second-order valence-corrected chi connectivity index (χ2v) is 5.36. The highest BCUT2D eigenvalue weighted by Gasteiger charge is 2.14. The number of nitrogens with zero attached hydrogens (tertiary/aromatic N) is 4. The van der Waals surface area contributed by atoms with Gasteiger partial charge in [-0.25, -0.2) is 4.79 Å². The van der Waals surface area contributed by atoms with Gasteiger partial charge in [-0.3, -0.25) is 5.32 Å². The Morgan fingerprint density at radius 3 is 2.75 bits per heavy atom. The van der Waals surface area contributed by atoms with Gasteiger partial charge in [0.2, 0.25) is 0 Å². The quantitative estimate of drug-likeness (QED) is 0.611. The number of aromatic nitrogens is 4. The molecule has 0 unspecified atom stereocenters. The van der Waals surface area contributed by atoms with Gasteiger partial charge in [0.25, 0.3) is 0 Å². The summed E-state index contributed by atoms with van der Waals surface area (Å²) in [5, 5.41) is 14.3. The Balaban J connectivity index is 1.57. The molecule has 0 fully saturated rings. The van der Waals surface area contributed by atoms with Crippen molar-refractivity contribution in [1.82, 2.24) is 20.2 Å². The van der Waals surface area contributed by atoms with E-state index >= 15 is 0 Å². The lowest BCUT2D eigenvalue weighted by Crippen LogP contribution is -2.20. The molecule has 7 heteroatoms. The summed E-state index contributed by atoms with van der Waals surface area (Å²) in [5.74, 6) is 0.893. The highest BCUT2D eigenvalue weighted by Crippen LogP contribution is 2.23. The van der Waals surface area contributed by atoms with E-state index in [1.165, 1.54) is 4.68 Å². The first-order chi connectivity index (χ1) is 11.7. The van der Waals surface area contributed by atoms with Gasteiger partial charge in [-0.2, -0.15) is 4.68 Å². The summed E-state index contributed by atoms with van der Waals surface area (Å²) in [5.41, 5.74) is 3.31. The molecule has 0 bridgehead atoms. The van der Waals surface area contributed by atoms with E-state index in [0.29, 0.717) is 22.6 Å². The topological polar surface area (TPSA) is 85.8 Å². The van der Waals surface area contributed by atoms with Crippen LogP contribution in [0.2, 0.25) is 0 Å². The van der Waals surface area contributed by atoms with Crippen molar-refractivity contribution in [2.75, 3.05) is 5.32 Å². The lowest BCUT2D eigenvalue weighted by Gasteiger charge is -2.00. The molecule has 118 valence electrons. The molecule has 0 aliphatic rings. The van der Waals surface area contributed by atoms with Crippen molar-refractivity contribution in [3.63, 3.8) is 0 Å². The lowest BCUT2D eigenvalue weighted by atomic mass is 10.1. The molecule has 0 aliphatic carbocycles. The molecule has 0 atom stereocenters. The number of fused-ring (bicyclic) bond motifs is 1. The molecular weight excluding hydrogens is 306 g/mol. The van der Waals surface area contributed by atoms with Crippen LogP contribution in [-0.2, 0) is 0 Å². The zero-order valence-electron chi connectivity index (χ0n) is 12.8. The molecule has 2 aromatic carbocycles. The zero-order valence-corrected chi connectivity index (χ0v) is 12.8. The van der Waals surface area contributed by atoms with E-state index in [1.54, 1.807) is 18.2 Å². The first-order valence-corrected chi connectivity index (χ1v) is 7.36. The number of benzene rings is 2. The number of para-hydroxylation sites is 1. The van der Waals surface area contributed by atoms with E-state index in [-0.39, 0.29) is 0 Å². The van der Waals surface area contributed by atoms with Crippen LogP contribution in [0.15, 0.2) is 59.1 Å². The fourth-order valence-electron chi connectivity index (χ4n) is 2.37. The van der Waals surface area contributed by atoms with Crippen molar-refractivity contribution in [3.05, 3.63) is 60.2 Å². The fraction of sp³-hybridized carbons (Fsp3) is 0.0588. The van der Waals surface area contributed by atoms with Gasteiger partial charge in [0.15, 0.2) is 11.6 Å². The number of hydrogen-bond acceptors (Lipinski definition) is 5. The van der Waals surface area contributed by atoms with Crippen molar-refractivity contribution in [3.8, 4) is 11.3 Å². The van der Waals surface area contributed by atoms with Crippen LogP contribution in [0.1, 0.15) is 5.56 Å². The Morgan fingerprint density at radius 2 is 1.92 bits per heavy atom. The van der Waals surface area contributed by atoms with Gasteiger partial charge in [-0.05, 0) is 19.1 Å². The molecule has 0 aliphatic heterocycles. The Labute approximate surface area is 136 Å². The number of rotatable bonds is 2. The van der Waals surface area contributed by atoms with Gasteiger partial charge < -0.3 is 4.52 Å². The van der Waals surface area contributed by atoms with E-state index in [0.717, 1.165) is 11.1 Å². The van der Waals surface area contributed by atoms with Crippen LogP contribution < -0.4 is 5.32 Å². The minimum atomic E-state index is -0.451. The Morgan fingerprint density at radius 1 is 1.12 bits per heavy atom. The Bertz CT molecular complexity index is 1020. The molecule has 4 aromatic rings. The van der Waals surface area contributed by atoms with Crippen LogP contribution in [0.4, 0.5) is 10.6 Å². The average Bonchev–Trinajstić information content (AvgIpc) is 3.22. The van der Waals surface area contributed by atoms with Crippen molar-refractivity contribution >= 4 is 22.9 Å².